The van der Waals surface area contributed by atoms with Crippen molar-refractivity contribution >= 4 is 11.9 Å². The summed E-state index contributed by atoms with van der Waals surface area (Å²) in [5.41, 5.74) is 0.980. The van der Waals surface area contributed by atoms with E-state index in [1.54, 1.807) is 7.11 Å². The molecule has 2 fully saturated rings. The van der Waals surface area contributed by atoms with Gasteiger partial charge >= 0.3 is 5.97 Å². The first-order valence-corrected chi connectivity index (χ1v) is 10.9. The van der Waals surface area contributed by atoms with E-state index >= 15 is 0 Å². The zero-order valence-electron chi connectivity index (χ0n) is 17.5. The van der Waals surface area contributed by atoms with Crippen LogP contribution >= 0.6 is 0 Å². The van der Waals surface area contributed by atoms with Crippen LogP contribution in [0.3, 0.4) is 0 Å². The van der Waals surface area contributed by atoms with Gasteiger partial charge in [-0.2, -0.15) is 0 Å². The molecule has 0 spiro atoms. The minimum Gasteiger partial charge on any atom is -0.497 e. The smallest absolute Gasteiger partial charge is 0.303 e. The van der Waals surface area contributed by atoms with E-state index in [0.717, 1.165) is 43.8 Å². The van der Waals surface area contributed by atoms with E-state index in [0.29, 0.717) is 19.5 Å². The molecule has 0 aliphatic carbocycles. The van der Waals surface area contributed by atoms with Crippen LogP contribution in [0.15, 0.2) is 24.3 Å². The Bertz CT molecular complexity index is 670. The average molecular weight is 403 g/mol. The normalized spacial score (nSPS) is 23.0. The van der Waals surface area contributed by atoms with Crippen LogP contribution in [0, 0.1) is 11.8 Å². The molecule has 29 heavy (non-hydrogen) atoms. The van der Waals surface area contributed by atoms with Crippen molar-refractivity contribution in [1.29, 1.82) is 0 Å². The number of amides is 1. The van der Waals surface area contributed by atoms with E-state index in [-0.39, 0.29) is 24.2 Å². The number of likely N-dealkylation sites (tertiary alicyclic amines) is 2. The number of carboxylic acids is 1. The van der Waals surface area contributed by atoms with Crippen molar-refractivity contribution < 1.29 is 19.4 Å². The number of piperidine rings is 2. The van der Waals surface area contributed by atoms with Crippen LogP contribution in [0.5, 0.6) is 5.75 Å². The van der Waals surface area contributed by atoms with Gasteiger partial charge in [0, 0.05) is 19.5 Å². The third-order valence-corrected chi connectivity index (χ3v) is 6.46. The molecule has 1 aromatic rings. The van der Waals surface area contributed by atoms with Gasteiger partial charge in [-0.25, -0.2) is 0 Å². The van der Waals surface area contributed by atoms with Gasteiger partial charge in [0.1, 0.15) is 5.75 Å². The number of ether oxygens (including phenoxy) is 1. The van der Waals surface area contributed by atoms with Crippen molar-refractivity contribution in [2.24, 2.45) is 11.8 Å². The number of carboxylic acid groups (broad SMARTS) is 1. The molecule has 6 nitrogen and oxygen atoms in total. The third-order valence-electron chi connectivity index (χ3n) is 6.46. The fourth-order valence-corrected chi connectivity index (χ4v) is 4.69. The van der Waals surface area contributed by atoms with Crippen molar-refractivity contribution in [1.82, 2.24) is 9.80 Å². The first-order chi connectivity index (χ1) is 14.0. The molecule has 2 heterocycles. The van der Waals surface area contributed by atoms with E-state index in [4.69, 9.17) is 4.74 Å². The zero-order valence-corrected chi connectivity index (χ0v) is 17.5. The summed E-state index contributed by atoms with van der Waals surface area (Å²) in [7, 11) is 1.63. The number of hydrogen-bond acceptors (Lipinski definition) is 4. The van der Waals surface area contributed by atoms with Gasteiger partial charge in [-0.3, -0.25) is 9.59 Å². The second kappa shape index (κ2) is 10.6. The summed E-state index contributed by atoms with van der Waals surface area (Å²) in [6, 6.07) is 7.62. The molecular weight excluding hydrogens is 368 g/mol. The predicted molar refractivity (Wildman–Crippen MR) is 112 cm³/mol. The van der Waals surface area contributed by atoms with Crippen LogP contribution in [-0.4, -0.2) is 66.6 Å². The van der Waals surface area contributed by atoms with Crippen LogP contribution in [0.1, 0.15) is 44.1 Å². The molecule has 1 amide bonds. The van der Waals surface area contributed by atoms with Crippen molar-refractivity contribution in [3.63, 3.8) is 0 Å². The van der Waals surface area contributed by atoms with Gasteiger partial charge in [-0.1, -0.05) is 18.6 Å². The maximum atomic E-state index is 12.9. The van der Waals surface area contributed by atoms with Crippen LogP contribution in [0.25, 0.3) is 0 Å². The summed E-state index contributed by atoms with van der Waals surface area (Å²) in [4.78, 5) is 28.6. The van der Waals surface area contributed by atoms with Gasteiger partial charge in [-0.05, 0) is 74.8 Å². The van der Waals surface area contributed by atoms with Gasteiger partial charge in [0.25, 0.3) is 0 Å². The molecule has 6 heteroatoms. The van der Waals surface area contributed by atoms with Crippen LogP contribution < -0.4 is 4.74 Å². The van der Waals surface area contributed by atoms with E-state index in [9.17, 15) is 14.7 Å². The molecule has 0 aromatic heterocycles. The predicted octanol–water partition coefficient (Wildman–Crippen LogP) is 3.05. The van der Waals surface area contributed by atoms with E-state index in [1.807, 2.05) is 29.2 Å². The summed E-state index contributed by atoms with van der Waals surface area (Å²) >= 11 is 0. The number of carbonyl (C=O) groups is 2. The second-order valence-electron chi connectivity index (χ2n) is 8.46. The third kappa shape index (κ3) is 6.46. The summed E-state index contributed by atoms with van der Waals surface area (Å²) in [5, 5.41) is 9.31. The molecule has 3 rings (SSSR count). The lowest BCUT2D eigenvalue weighted by molar-refractivity contribution is -0.139. The maximum Gasteiger partial charge on any atom is 0.303 e. The zero-order chi connectivity index (χ0) is 20.6. The molecule has 0 radical (unpaired) electrons. The summed E-state index contributed by atoms with van der Waals surface area (Å²) in [5.74, 6) is 0.625. The molecule has 2 atom stereocenters. The Balaban J connectivity index is 1.57. The topological polar surface area (TPSA) is 70.1 Å². The largest absolute Gasteiger partial charge is 0.497 e. The Labute approximate surface area is 173 Å². The van der Waals surface area contributed by atoms with Gasteiger partial charge in [0.05, 0.1) is 13.5 Å². The molecule has 2 saturated heterocycles. The highest BCUT2D eigenvalue weighted by Crippen LogP contribution is 2.30. The van der Waals surface area contributed by atoms with Crippen LogP contribution in [-0.2, 0) is 16.0 Å². The molecule has 2 aliphatic heterocycles. The number of aliphatic carboxylic acids is 1. The first kappa shape index (κ1) is 21.6. The quantitative estimate of drug-likeness (QED) is 0.724. The van der Waals surface area contributed by atoms with Gasteiger partial charge in [0.2, 0.25) is 5.91 Å². The molecule has 0 saturated carbocycles. The summed E-state index contributed by atoms with van der Waals surface area (Å²) in [6.45, 7) is 4.65. The second-order valence-corrected chi connectivity index (χ2v) is 8.46. The number of hydrogen-bond donors (Lipinski definition) is 1. The fourth-order valence-electron chi connectivity index (χ4n) is 4.69. The van der Waals surface area contributed by atoms with Crippen molar-refractivity contribution in [3.8, 4) is 5.75 Å². The molecule has 0 bridgehead atoms. The standard InChI is InChI=1S/C23H34N2O4/c1-29-21-7-5-18(6-8-21)15-22(26)25-14-10-19(16-23(27)28)20(17-25)9-13-24-11-3-2-4-12-24/h5-8,19-20H,2-4,9-17H2,1H3,(H,27,28). The van der Waals surface area contributed by atoms with Crippen molar-refractivity contribution in [2.45, 2.75) is 44.9 Å². The SMILES string of the molecule is COc1ccc(CC(=O)N2CCC(CC(=O)O)C(CCN3CCCCC3)C2)cc1. The number of nitrogens with zero attached hydrogens (tertiary/aromatic N) is 2. The molecule has 2 unspecified atom stereocenters. The van der Waals surface area contributed by atoms with Crippen LogP contribution in [0.2, 0.25) is 0 Å². The number of benzene rings is 1. The molecule has 1 aromatic carbocycles. The van der Waals surface area contributed by atoms with Gasteiger partial charge in [0.15, 0.2) is 0 Å². The first-order valence-electron chi connectivity index (χ1n) is 10.9. The minimum absolute atomic E-state index is 0.131. The minimum atomic E-state index is -0.726. The fraction of sp³-hybridized carbons (Fsp3) is 0.652. The van der Waals surface area contributed by atoms with E-state index < -0.39 is 5.97 Å². The number of methoxy groups -OCH3 is 1. The van der Waals surface area contributed by atoms with Crippen LogP contribution in [0.4, 0.5) is 0 Å². The molecule has 2 aliphatic rings. The Morgan fingerprint density at radius 1 is 1.07 bits per heavy atom. The van der Waals surface area contributed by atoms with Crippen molar-refractivity contribution in [3.05, 3.63) is 29.8 Å². The maximum absolute atomic E-state index is 12.9. The molecule has 160 valence electrons. The average Bonchev–Trinajstić information content (AvgIpc) is 2.74. The Morgan fingerprint density at radius 3 is 2.45 bits per heavy atom. The van der Waals surface area contributed by atoms with Gasteiger partial charge in [-0.15, -0.1) is 0 Å². The Morgan fingerprint density at radius 2 is 1.79 bits per heavy atom. The summed E-state index contributed by atoms with van der Waals surface area (Å²) in [6.07, 6.45) is 6.19. The lowest BCUT2D eigenvalue weighted by Gasteiger charge is -2.39. The monoisotopic (exact) mass is 402 g/mol. The Kier molecular flexibility index (Phi) is 7.92. The lowest BCUT2D eigenvalue weighted by atomic mass is 9.80. The highest BCUT2D eigenvalue weighted by Gasteiger charge is 2.32. The molecule has 1 N–H and O–H groups in total. The van der Waals surface area contributed by atoms with Crippen molar-refractivity contribution in [2.75, 3.05) is 39.8 Å². The highest BCUT2D eigenvalue weighted by atomic mass is 16.5. The molecular formula is C23H34N2O4. The summed E-state index contributed by atoms with van der Waals surface area (Å²) < 4.78 is 5.18. The lowest BCUT2D eigenvalue weighted by Crippen LogP contribution is -2.46. The van der Waals surface area contributed by atoms with Gasteiger partial charge < -0.3 is 19.6 Å². The van der Waals surface area contributed by atoms with E-state index in [2.05, 4.69) is 4.90 Å². The Hall–Kier alpha value is -2.08. The highest BCUT2D eigenvalue weighted by molar-refractivity contribution is 5.79. The number of rotatable bonds is 8. The number of carbonyl (C=O) groups excluding carboxylic acids is 1. The van der Waals surface area contributed by atoms with E-state index in [1.165, 1.54) is 19.3 Å².